The van der Waals surface area contributed by atoms with Gasteiger partial charge in [-0.1, -0.05) is 31.2 Å². The van der Waals surface area contributed by atoms with Crippen molar-refractivity contribution < 1.29 is 28.5 Å². The molecular formula is C27H28N3O6P. The van der Waals surface area contributed by atoms with E-state index in [2.05, 4.69) is 15.6 Å². The van der Waals surface area contributed by atoms with Crippen LogP contribution >= 0.6 is 7.37 Å². The first kappa shape index (κ1) is 26.0. The second kappa shape index (κ2) is 11.3. The molecule has 9 nitrogen and oxygen atoms in total. The highest BCUT2D eigenvalue weighted by atomic mass is 31.2. The van der Waals surface area contributed by atoms with E-state index in [4.69, 9.17) is 19.1 Å². The minimum Gasteiger partial charge on any atom is -0.496 e. The second-order valence-corrected chi connectivity index (χ2v) is 10.7. The molecule has 10 heteroatoms. The number of nitrogens with one attached hydrogen (secondary N) is 2. The van der Waals surface area contributed by atoms with E-state index < -0.39 is 13.5 Å². The number of carboxylic acid groups (broad SMARTS) is 1. The predicted octanol–water partition coefficient (Wildman–Crippen LogP) is 6.83. The number of nitrogens with zero attached hydrogens (tertiary/aromatic N) is 1. The molecule has 0 aliphatic heterocycles. The zero-order valence-electron chi connectivity index (χ0n) is 20.7. The maximum Gasteiger partial charge on any atom is 0.409 e. The maximum atomic E-state index is 13.2. The number of carbonyl (C=O) groups is 1. The largest absolute Gasteiger partial charge is 0.496 e. The molecule has 1 amide bonds. The van der Waals surface area contributed by atoms with Crippen molar-refractivity contribution in [2.45, 2.75) is 13.8 Å². The number of hydrogen-bond donors (Lipinski definition) is 3. The summed E-state index contributed by atoms with van der Waals surface area (Å²) >= 11 is 0. The van der Waals surface area contributed by atoms with E-state index in [1.54, 1.807) is 48.7 Å². The fraction of sp³-hybridized carbons (Fsp3) is 0.185. The van der Waals surface area contributed by atoms with Gasteiger partial charge in [-0.2, -0.15) is 0 Å². The first-order chi connectivity index (χ1) is 17.9. The van der Waals surface area contributed by atoms with E-state index in [9.17, 15) is 9.36 Å². The third-order valence-electron chi connectivity index (χ3n) is 5.66. The van der Waals surface area contributed by atoms with Gasteiger partial charge in [0.25, 0.3) is 0 Å². The van der Waals surface area contributed by atoms with Crippen molar-refractivity contribution in [3.63, 3.8) is 0 Å². The molecule has 1 aromatic heterocycles. The van der Waals surface area contributed by atoms with Crippen molar-refractivity contribution >= 4 is 46.7 Å². The number of ether oxygens (including phenoxy) is 2. The van der Waals surface area contributed by atoms with Crippen molar-refractivity contribution in [3.8, 4) is 17.2 Å². The molecule has 3 N–H and O–H groups in total. The summed E-state index contributed by atoms with van der Waals surface area (Å²) in [6.07, 6.45) is 0.850. The summed E-state index contributed by atoms with van der Waals surface area (Å²) in [4.78, 5) is 15.5. The first-order valence-electron chi connectivity index (χ1n) is 11.7. The molecule has 4 rings (SSSR count). The van der Waals surface area contributed by atoms with Crippen LogP contribution in [0.5, 0.6) is 17.2 Å². The lowest BCUT2D eigenvalue weighted by molar-refractivity contribution is 0.210. The lowest BCUT2D eigenvalue weighted by Crippen LogP contribution is -2.13. The SMILES string of the molecule is CCOP(=O)(CC)c1ccc(Nc2cc(Oc3ccc(NC(=O)O)c4ccccc34)ccn2)cc1OC. The summed E-state index contributed by atoms with van der Waals surface area (Å²) in [6.45, 7) is 3.99. The molecule has 192 valence electrons. The standard InChI is InChI=1S/C27H28N3O6P/c1-4-35-37(33,5-2)25-13-10-18(16-24(25)34-3)29-26-17-19(14-15-28-26)36-23-12-11-22(30-27(31)32)20-8-6-7-9-21(20)23/h6-17,30H,4-5H2,1-3H3,(H,28,29)(H,31,32). The topological polar surface area (TPSA) is 119 Å². The molecular weight excluding hydrogens is 493 g/mol. The highest BCUT2D eigenvalue weighted by molar-refractivity contribution is 7.67. The predicted molar refractivity (Wildman–Crippen MR) is 146 cm³/mol. The van der Waals surface area contributed by atoms with Crippen LogP contribution in [0, 0.1) is 0 Å². The molecule has 0 aliphatic carbocycles. The highest BCUT2D eigenvalue weighted by Gasteiger charge is 2.27. The molecule has 37 heavy (non-hydrogen) atoms. The van der Waals surface area contributed by atoms with Crippen LogP contribution in [0.15, 0.2) is 72.9 Å². The van der Waals surface area contributed by atoms with Crippen LogP contribution < -0.4 is 25.4 Å². The molecule has 1 unspecified atom stereocenters. The van der Waals surface area contributed by atoms with Gasteiger partial charge >= 0.3 is 6.09 Å². The van der Waals surface area contributed by atoms with Gasteiger partial charge in [0, 0.05) is 41.0 Å². The quantitative estimate of drug-likeness (QED) is 0.194. The van der Waals surface area contributed by atoms with E-state index in [1.165, 1.54) is 7.11 Å². The lowest BCUT2D eigenvalue weighted by atomic mass is 10.1. The monoisotopic (exact) mass is 521 g/mol. The number of aromatic nitrogens is 1. The zero-order valence-corrected chi connectivity index (χ0v) is 21.6. The average molecular weight is 522 g/mol. The van der Waals surface area contributed by atoms with E-state index in [-0.39, 0.29) is 0 Å². The van der Waals surface area contributed by atoms with Crippen molar-refractivity contribution in [2.75, 3.05) is 30.5 Å². The number of anilines is 3. The number of fused-ring (bicyclic) bond motifs is 1. The van der Waals surface area contributed by atoms with Gasteiger partial charge < -0.3 is 24.4 Å². The number of amides is 1. The smallest absolute Gasteiger partial charge is 0.409 e. The fourth-order valence-electron chi connectivity index (χ4n) is 3.98. The Hall–Kier alpha value is -4.07. The summed E-state index contributed by atoms with van der Waals surface area (Å²) in [5, 5.41) is 16.8. The third kappa shape index (κ3) is 5.85. The van der Waals surface area contributed by atoms with Gasteiger partial charge in [0.2, 0.25) is 7.37 Å². The average Bonchev–Trinajstić information content (AvgIpc) is 2.90. The second-order valence-electron chi connectivity index (χ2n) is 7.98. The van der Waals surface area contributed by atoms with Crippen molar-refractivity contribution in [1.82, 2.24) is 4.98 Å². The van der Waals surface area contributed by atoms with Gasteiger partial charge in [0.05, 0.1) is 24.7 Å². The van der Waals surface area contributed by atoms with E-state index in [0.29, 0.717) is 52.5 Å². The molecule has 0 bridgehead atoms. The molecule has 0 radical (unpaired) electrons. The van der Waals surface area contributed by atoms with Gasteiger partial charge in [-0.3, -0.25) is 9.88 Å². The summed E-state index contributed by atoms with van der Waals surface area (Å²) in [7, 11) is -1.48. The molecule has 0 fully saturated rings. The van der Waals surface area contributed by atoms with Gasteiger partial charge in [-0.05, 0) is 37.3 Å². The van der Waals surface area contributed by atoms with E-state index in [0.717, 1.165) is 10.8 Å². The van der Waals surface area contributed by atoms with Crippen LogP contribution in [-0.2, 0) is 9.09 Å². The van der Waals surface area contributed by atoms with Crippen LogP contribution in [-0.4, -0.2) is 36.1 Å². The maximum absolute atomic E-state index is 13.2. The molecule has 4 aromatic rings. The summed E-state index contributed by atoms with van der Waals surface area (Å²) in [5.41, 5.74) is 1.17. The Morgan fingerprint density at radius 1 is 1.00 bits per heavy atom. The van der Waals surface area contributed by atoms with Gasteiger partial charge in [0.1, 0.15) is 23.1 Å². The molecule has 0 saturated heterocycles. The fourth-order valence-corrected chi connectivity index (χ4v) is 5.85. The molecule has 0 saturated carbocycles. The summed E-state index contributed by atoms with van der Waals surface area (Å²) in [6, 6.07) is 19.6. The highest BCUT2D eigenvalue weighted by Crippen LogP contribution is 2.48. The van der Waals surface area contributed by atoms with Gasteiger partial charge in [-0.15, -0.1) is 0 Å². The Morgan fingerprint density at radius 2 is 1.78 bits per heavy atom. The van der Waals surface area contributed by atoms with Crippen LogP contribution in [0.1, 0.15) is 13.8 Å². The molecule has 1 atom stereocenters. The van der Waals surface area contributed by atoms with Crippen LogP contribution in [0.4, 0.5) is 22.0 Å². The number of methoxy groups -OCH3 is 1. The molecule has 0 spiro atoms. The Labute approximate surface area is 214 Å². The molecule has 1 heterocycles. The van der Waals surface area contributed by atoms with Crippen LogP contribution in [0.2, 0.25) is 0 Å². The number of benzene rings is 3. The Bertz CT molecular complexity index is 1480. The van der Waals surface area contributed by atoms with Crippen molar-refractivity contribution in [1.29, 1.82) is 0 Å². The Morgan fingerprint density at radius 3 is 2.49 bits per heavy atom. The van der Waals surface area contributed by atoms with E-state index >= 15 is 0 Å². The van der Waals surface area contributed by atoms with E-state index in [1.807, 2.05) is 38.1 Å². The molecule has 3 aromatic carbocycles. The summed E-state index contributed by atoms with van der Waals surface area (Å²) in [5.74, 6) is 2.11. The minimum absolute atomic E-state index is 0.346. The lowest BCUT2D eigenvalue weighted by Gasteiger charge is -2.20. The molecule has 0 aliphatic rings. The first-order valence-corrected chi connectivity index (χ1v) is 13.5. The van der Waals surface area contributed by atoms with Crippen molar-refractivity contribution in [2.24, 2.45) is 0 Å². The van der Waals surface area contributed by atoms with Crippen LogP contribution in [0.3, 0.4) is 0 Å². The van der Waals surface area contributed by atoms with Crippen LogP contribution in [0.25, 0.3) is 10.8 Å². The zero-order chi connectivity index (χ0) is 26.4. The normalized spacial score (nSPS) is 12.5. The number of rotatable bonds is 10. The number of hydrogen-bond acceptors (Lipinski definition) is 7. The van der Waals surface area contributed by atoms with Gasteiger partial charge in [0.15, 0.2) is 0 Å². The Balaban J connectivity index is 1.59. The van der Waals surface area contributed by atoms with Crippen molar-refractivity contribution in [3.05, 3.63) is 72.9 Å². The van der Waals surface area contributed by atoms with Gasteiger partial charge in [-0.25, -0.2) is 9.78 Å². The minimum atomic E-state index is -3.01. The number of pyridine rings is 1. The Kier molecular flexibility index (Phi) is 7.96. The third-order valence-corrected chi connectivity index (χ3v) is 8.27. The summed E-state index contributed by atoms with van der Waals surface area (Å²) < 4.78 is 30.5.